The molecule has 0 amide bonds. The van der Waals surface area contributed by atoms with E-state index in [1.807, 2.05) is 0 Å². The van der Waals surface area contributed by atoms with Gasteiger partial charge in [-0.05, 0) is 0 Å². The van der Waals surface area contributed by atoms with Gasteiger partial charge in [0, 0.05) is 0 Å². The van der Waals surface area contributed by atoms with Crippen LogP contribution in [0.3, 0.4) is 0 Å². The first kappa shape index (κ1) is 18.5. The summed E-state index contributed by atoms with van der Waals surface area (Å²) in [5, 5.41) is 56.0. The normalized spacial score (nSPS) is 11.5. The van der Waals surface area contributed by atoms with Crippen molar-refractivity contribution in [2.24, 2.45) is 0 Å². The third-order valence-electron chi connectivity index (χ3n) is 4.47. The largest absolute Gasteiger partial charge is 0.506 e. The van der Waals surface area contributed by atoms with Gasteiger partial charge in [0.05, 0.1) is 0 Å². The Morgan fingerprint density at radius 2 is 1.10 bits per heavy atom. The van der Waals surface area contributed by atoms with E-state index in [1.54, 1.807) is 0 Å². The number of fused-ring (bicyclic) bond motifs is 1. The van der Waals surface area contributed by atoms with Crippen molar-refractivity contribution in [3.63, 3.8) is 0 Å². The highest BCUT2D eigenvalue weighted by Gasteiger charge is 2.34. The second-order valence-electron chi connectivity index (χ2n) is 6.02. The third-order valence-corrected chi connectivity index (χ3v) is 4.47. The fourth-order valence-corrected chi connectivity index (χ4v) is 3.14. The van der Waals surface area contributed by atoms with Gasteiger partial charge in [0.25, 0.3) is 11.9 Å². The van der Waals surface area contributed by atoms with Crippen molar-refractivity contribution in [1.82, 2.24) is 0 Å². The average molecular weight is 418 g/mol. The summed E-state index contributed by atoms with van der Waals surface area (Å²) in [4.78, 5) is 60.5. The van der Waals surface area contributed by atoms with E-state index in [2.05, 4.69) is 8.83 Å². The fraction of sp³-hybridized carbons (Fsp3) is 0. The van der Waals surface area contributed by atoms with E-state index in [4.69, 9.17) is 0 Å². The molecule has 2 aromatic rings. The highest BCUT2D eigenvalue weighted by Crippen LogP contribution is 2.52. The molecule has 4 rings (SSSR count). The average Bonchev–Trinajstić information content (AvgIpc) is 3.13. The second kappa shape index (κ2) is 5.60. The van der Waals surface area contributed by atoms with Crippen LogP contribution in [0.15, 0.2) is 28.0 Å². The van der Waals surface area contributed by atoms with Crippen LogP contribution in [0.5, 0.6) is 34.9 Å². The smallest absolute Gasteiger partial charge is 0.351 e. The van der Waals surface area contributed by atoms with Gasteiger partial charge in [-0.3, -0.25) is 14.4 Å². The molecule has 0 unspecified atom stereocenters. The van der Waals surface area contributed by atoms with E-state index in [9.17, 15) is 54.6 Å². The standard InChI is InChI=1S/C17H6O13/c18-7-1-3(16(27)29-14(1)25)10(21)12(23)5(7)9(20)6-8(19)2-4(11(22)13(6)24)17(28)30-15(2)26/h18-19,21,23,25,27H. The number of rotatable bonds is 2. The zero-order chi connectivity index (χ0) is 22.2. The minimum absolute atomic E-state index is 0.793. The zero-order valence-corrected chi connectivity index (χ0v) is 14.0. The summed E-state index contributed by atoms with van der Waals surface area (Å²) in [7, 11) is 0. The maximum Gasteiger partial charge on any atom is 0.351 e. The molecule has 1 aliphatic heterocycles. The van der Waals surface area contributed by atoms with Crippen LogP contribution in [-0.4, -0.2) is 36.4 Å². The fourth-order valence-electron chi connectivity index (χ4n) is 3.14. The summed E-state index contributed by atoms with van der Waals surface area (Å²) in [6.45, 7) is 0. The highest BCUT2D eigenvalue weighted by molar-refractivity contribution is 6.19. The molecule has 1 aliphatic carbocycles. The molecule has 0 spiro atoms. The molecule has 13 heteroatoms. The van der Waals surface area contributed by atoms with Gasteiger partial charge < -0.3 is 39.5 Å². The lowest BCUT2D eigenvalue weighted by Gasteiger charge is -2.10. The summed E-state index contributed by atoms with van der Waals surface area (Å²) in [6, 6.07) is 0. The highest BCUT2D eigenvalue weighted by atomic mass is 16.5. The number of furan rings is 1. The number of phenols is 3. The molecule has 0 saturated heterocycles. The molecular weight excluding hydrogens is 412 g/mol. The van der Waals surface area contributed by atoms with Crippen LogP contribution in [0, 0.1) is 10.4 Å². The summed E-state index contributed by atoms with van der Waals surface area (Å²) in [6.07, 6.45) is 0. The first-order valence-corrected chi connectivity index (χ1v) is 7.68. The lowest BCUT2D eigenvalue weighted by Crippen LogP contribution is -2.33. The van der Waals surface area contributed by atoms with Crippen molar-refractivity contribution in [3.05, 3.63) is 62.9 Å². The van der Waals surface area contributed by atoms with E-state index in [0.29, 0.717) is 0 Å². The first-order chi connectivity index (χ1) is 14.0. The van der Waals surface area contributed by atoms with Gasteiger partial charge in [-0.25, -0.2) is 9.59 Å². The Morgan fingerprint density at radius 3 is 1.70 bits per heavy atom. The number of hydrogen-bond acceptors (Lipinski definition) is 13. The molecule has 30 heavy (non-hydrogen) atoms. The van der Waals surface area contributed by atoms with Gasteiger partial charge in [0.15, 0.2) is 11.5 Å². The zero-order valence-electron chi connectivity index (χ0n) is 14.0. The maximum atomic E-state index is 12.8. The molecular formula is C17H6O13. The van der Waals surface area contributed by atoms with Crippen LogP contribution < -0.4 is 22.1 Å². The number of hydrogen-bond donors (Lipinski definition) is 6. The lowest BCUT2D eigenvalue weighted by atomic mass is 9.96. The molecule has 6 N–H and O–H groups in total. The SMILES string of the molecule is O=C(c1c(O)c(O)c2c(O)oc(O)c2c1O)c1c(O)c2c(=O)oc(=O)c=2c(=O)c1=O. The predicted molar refractivity (Wildman–Crippen MR) is 91.1 cm³/mol. The Hall–Kier alpha value is -4.81. The molecule has 13 nitrogen and oxygen atoms in total. The van der Waals surface area contributed by atoms with Crippen molar-refractivity contribution >= 4 is 16.6 Å². The second-order valence-corrected chi connectivity index (χ2v) is 6.02. The van der Waals surface area contributed by atoms with Crippen LogP contribution in [0.2, 0.25) is 0 Å². The Morgan fingerprint density at radius 1 is 0.567 bits per heavy atom. The first-order valence-electron chi connectivity index (χ1n) is 7.68. The molecule has 152 valence electrons. The van der Waals surface area contributed by atoms with Gasteiger partial charge >= 0.3 is 11.3 Å². The van der Waals surface area contributed by atoms with Crippen molar-refractivity contribution in [2.45, 2.75) is 0 Å². The van der Waals surface area contributed by atoms with Gasteiger partial charge in [-0.15, -0.1) is 0 Å². The summed E-state index contributed by atoms with van der Waals surface area (Å²) in [5.74, 6) is -9.53. The van der Waals surface area contributed by atoms with Crippen molar-refractivity contribution in [2.75, 3.05) is 0 Å². The van der Waals surface area contributed by atoms with Gasteiger partial charge in [0.2, 0.25) is 16.6 Å². The molecule has 0 saturated carbocycles. The number of phenolic OH excluding ortho intramolecular Hbond substituents is 3. The minimum atomic E-state index is -1.78. The number of carbonyl (C=O) groups excluding carboxylic acids is 1. The van der Waals surface area contributed by atoms with Crippen LogP contribution >= 0.6 is 0 Å². The van der Waals surface area contributed by atoms with E-state index in [-0.39, 0.29) is 0 Å². The Balaban J connectivity index is 2.19. The monoisotopic (exact) mass is 418 g/mol. The number of carbonyl (C=O) groups is 1. The third kappa shape index (κ3) is 2.02. The Bertz CT molecular complexity index is 1690. The topological polar surface area (TPSA) is 233 Å². The molecule has 0 fully saturated rings. The molecule has 1 aromatic heterocycles. The Kier molecular flexibility index (Phi) is 3.46. The molecule has 0 atom stereocenters. The Labute approximate surface area is 159 Å². The lowest BCUT2D eigenvalue weighted by molar-refractivity contribution is 0.102. The maximum absolute atomic E-state index is 12.8. The minimum Gasteiger partial charge on any atom is -0.506 e. The van der Waals surface area contributed by atoms with E-state index in [0.717, 1.165) is 0 Å². The summed E-state index contributed by atoms with van der Waals surface area (Å²) < 4.78 is 8.52. The predicted octanol–water partition coefficient (Wildman–Crippen LogP) is -1.47. The van der Waals surface area contributed by atoms with Crippen molar-refractivity contribution < 1.29 is 44.3 Å². The molecule has 0 bridgehead atoms. The van der Waals surface area contributed by atoms with E-state index >= 15 is 0 Å². The van der Waals surface area contributed by atoms with Crippen LogP contribution in [0.25, 0.3) is 10.8 Å². The van der Waals surface area contributed by atoms with Crippen LogP contribution in [-0.2, 0) is 0 Å². The summed E-state index contributed by atoms with van der Waals surface area (Å²) >= 11 is 0. The van der Waals surface area contributed by atoms with Crippen LogP contribution in [0.1, 0.15) is 15.9 Å². The van der Waals surface area contributed by atoms with Crippen molar-refractivity contribution in [3.8, 4) is 34.9 Å². The van der Waals surface area contributed by atoms with Gasteiger partial charge in [-0.2, -0.15) is 0 Å². The van der Waals surface area contributed by atoms with Crippen molar-refractivity contribution in [1.29, 1.82) is 0 Å². The van der Waals surface area contributed by atoms with Gasteiger partial charge in [0.1, 0.15) is 43.8 Å². The van der Waals surface area contributed by atoms with Gasteiger partial charge in [-0.1, -0.05) is 0 Å². The van der Waals surface area contributed by atoms with E-state index in [1.165, 1.54) is 0 Å². The molecule has 0 radical (unpaired) electrons. The molecule has 2 heterocycles. The molecule has 1 aromatic carbocycles. The quantitative estimate of drug-likeness (QED) is 0.0945. The summed E-state index contributed by atoms with van der Waals surface area (Å²) in [5.41, 5.74) is -9.21. The van der Waals surface area contributed by atoms with Crippen LogP contribution in [0.4, 0.5) is 0 Å². The number of benzene rings is 1. The van der Waals surface area contributed by atoms with E-state index < -0.39 is 95.1 Å². The number of aromatic hydroxyl groups is 6. The molecule has 2 aliphatic rings. The number of ketones is 1.